The Morgan fingerprint density at radius 2 is 2.06 bits per heavy atom. The Kier molecular flexibility index (Phi) is 4.02. The molecule has 0 aromatic heterocycles. The quantitative estimate of drug-likeness (QED) is 0.684. The summed E-state index contributed by atoms with van der Waals surface area (Å²) >= 11 is 0. The van der Waals surface area contributed by atoms with Crippen molar-refractivity contribution in [1.82, 2.24) is 10.2 Å². The molecule has 2 amide bonds. The minimum Gasteiger partial charge on any atom is -0.330 e. The second-order valence-electron chi connectivity index (χ2n) is 5.74. The van der Waals surface area contributed by atoms with E-state index in [1.165, 1.54) is 6.42 Å². The van der Waals surface area contributed by atoms with E-state index in [2.05, 4.69) is 12.2 Å². The third kappa shape index (κ3) is 2.57. The third-order valence-corrected chi connectivity index (χ3v) is 4.41. The van der Waals surface area contributed by atoms with Gasteiger partial charge in [0.15, 0.2) is 0 Å². The molecule has 0 spiro atoms. The summed E-state index contributed by atoms with van der Waals surface area (Å²) in [6.45, 7) is 5.06. The first-order chi connectivity index (χ1) is 8.52. The highest BCUT2D eigenvalue weighted by Crippen LogP contribution is 2.33. The van der Waals surface area contributed by atoms with Crippen LogP contribution >= 0.6 is 0 Å². The van der Waals surface area contributed by atoms with E-state index in [1.807, 2.05) is 11.8 Å². The van der Waals surface area contributed by atoms with Crippen molar-refractivity contribution in [1.29, 1.82) is 0 Å². The molecule has 102 valence electrons. The smallest absolute Gasteiger partial charge is 0.243 e. The Hall–Kier alpha value is -0.940. The van der Waals surface area contributed by atoms with Crippen LogP contribution in [0.3, 0.4) is 0 Å². The molecule has 0 aromatic rings. The van der Waals surface area contributed by atoms with Crippen LogP contribution in [0.1, 0.15) is 33.1 Å². The third-order valence-electron chi connectivity index (χ3n) is 4.41. The Morgan fingerprint density at radius 1 is 1.33 bits per heavy atom. The van der Waals surface area contributed by atoms with Crippen LogP contribution < -0.4 is 11.1 Å². The minimum atomic E-state index is -0.230. The first-order valence-corrected chi connectivity index (χ1v) is 6.82. The molecular weight excluding hydrogens is 230 g/mol. The van der Waals surface area contributed by atoms with Crippen molar-refractivity contribution in [3.8, 4) is 0 Å². The van der Waals surface area contributed by atoms with Gasteiger partial charge in [0.05, 0.1) is 12.6 Å². The van der Waals surface area contributed by atoms with Crippen LogP contribution in [0.15, 0.2) is 0 Å². The number of rotatable bonds is 2. The Morgan fingerprint density at radius 3 is 2.72 bits per heavy atom. The van der Waals surface area contributed by atoms with Gasteiger partial charge in [-0.15, -0.1) is 0 Å². The van der Waals surface area contributed by atoms with Gasteiger partial charge in [0.25, 0.3) is 0 Å². The summed E-state index contributed by atoms with van der Waals surface area (Å²) in [5.41, 5.74) is 5.85. The van der Waals surface area contributed by atoms with E-state index in [4.69, 9.17) is 5.73 Å². The molecule has 1 heterocycles. The minimum absolute atomic E-state index is 0.180. The van der Waals surface area contributed by atoms with Gasteiger partial charge in [0.1, 0.15) is 0 Å². The number of piperazine rings is 1. The summed E-state index contributed by atoms with van der Waals surface area (Å²) in [6.07, 6.45) is 3.33. The molecule has 2 aliphatic rings. The van der Waals surface area contributed by atoms with Gasteiger partial charge in [0.2, 0.25) is 11.8 Å². The molecule has 1 saturated carbocycles. The molecule has 18 heavy (non-hydrogen) atoms. The molecule has 1 saturated heterocycles. The largest absolute Gasteiger partial charge is 0.330 e. The second kappa shape index (κ2) is 5.36. The van der Waals surface area contributed by atoms with Crippen molar-refractivity contribution in [3.63, 3.8) is 0 Å². The molecule has 4 atom stereocenters. The topological polar surface area (TPSA) is 75.4 Å². The highest BCUT2D eigenvalue weighted by Gasteiger charge is 2.39. The number of hydrogen-bond acceptors (Lipinski definition) is 4. The maximum Gasteiger partial charge on any atom is 0.243 e. The second-order valence-corrected chi connectivity index (χ2v) is 5.74. The van der Waals surface area contributed by atoms with E-state index in [1.54, 1.807) is 0 Å². The molecule has 4 unspecified atom stereocenters. The fourth-order valence-electron chi connectivity index (χ4n) is 3.23. The fraction of sp³-hybridized carbons (Fsp3) is 0.846. The number of nitrogens with zero attached hydrogens (tertiary/aromatic N) is 1. The van der Waals surface area contributed by atoms with Gasteiger partial charge < -0.3 is 5.73 Å². The summed E-state index contributed by atoms with van der Waals surface area (Å²) in [7, 11) is 0. The van der Waals surface area contributed by atoms with Gasteiger partial charge in [-0.3, -0.25) is 19.8 Å². The van der Waals surface area contributed by atoms with Crippen LogP contribution in [0.25, 0.3) is 0 Å². The predicted octanol–water partition coefficient (Wildman–Crippen LogP) is 0.0968. The van der Waals surface area contributed by atoms with Gasteiger partial charge in [-0.2, -0.15) is 0 Å². The average Bonchev–Trinajstić information content (AvgIpc) is 2.33. The number of imide groups is 1. The summed E-state index contributed by atoms with van der Waals surface area (Å²) in [5, 5.41) is 2.39. The first kappa shape index (κ1) is 13.5. The highest BCUT2D eigenvalue weighted by atomic mass is 16.2. The summed E-state index contributed by atoms with van der Waals surface area (Å²) in [6, 6.07) is 0.0378. The molecule has 0 aromatic carbocycles. The zero-order chi connectivity index (χ0) is 13.3. The van der Waals surface area contributed by atoms with Crippen LogP contribution in [-0.4, -0.2) is 41.9 Å². The molecule has 2 fully saturated rings. The summed E-state index contributed by atoms with van der Waals surface area (Å²) in [5.74, 6) is 0.680. The zero-order valence-corrected chi connectivity index (χ0v) is 11.2. The van der Waals surface area contributed by atoms with Crippen LogP contribution in [0.4, 0.5) is 0 Å². The van der Waals surface area contributed by atoms with E-state index in [0.717, 1.165) is 12.8 Å². The van der Waals surface area contributed by atoms with Crippen LogP contribution in [-0.2, 0) is 9.59 Å². The van der Waals surface area contributed by atoms with Crippen molar-refractivity contribution in [3.05, 3.63) is 0 Å². The SMILES string of the molecule is CC1CCC(CN)C(N2CC(=O)NC(=O)C2C)C1. The maximum atomic E-state index is 11.7. The molecule has 1 aliphatic carbocycles. The number of amides is 2. The normalized spacial score (nSPS) is 38.6. The Labute approximate surface area is 108 Å². The van der Waals surface area contributed by atoms with Crippen LogP contribution in [0.2, 0.25) is 0 Å². The molecule has 2 rings (SSSR count). The molecule has 5 nitrogen and oxygen atoms in total. The number of carbonyl (C=O) groups is 2. The lowest BCUT2D eigenvalue weighted by atomic mass is 9.77. The van der Waals surface area contributed by atoms with Gasteiger partial charge in [-0.05, 0) is 38.1 Å². The van der Waals surface area contributed by atoms with Crippen molar-refractivity contribution in [2.24, 2.45) is 17.6 Å². The molecule has 0 radical (unpaired) electrons. The molecule has 1 aliphatic heterocycles. The lowest BCUT2D eigenvalue weighted by Gasteiger charge is -2.45. The number of nitrogens with one attached hydrogen (secondary N) is 1. The lowest BCUT2D eigenvalue weighted by molar-refractivity contribution is -0.142. The Bertz CT molecular complexity index is 345. The van der Waals surface area contributed by atoms with Crippen LogP contribution in [0, 0.1) is 11.8 Å². The maximum absolute atomic E-state index is 11.7. The van der Waals surface area contributed by atoms with Crippen LogP contribution in [0.5, 0.6) is 0 Å². The van der Waals surface area contributed by atoms with E-state index >= 15 is 0 Å². The van der Waals surface area contributed by atoms with Gasteiger partial charge in [-0.25, -0.2) is 0 Å². The van der Waals surface area contributed by atoms with Gasteiger partial charge >= 0.3 is 0 Å². The standard InChI is InChI=1S/C13H23N3O2/c1-8-3-4-10(6-14)11(5-8)16-7-12(17)15-13(18)9(16)2/h8-11H,3-7,14H2,1-2H3,(H,15,17,18). The van der Waals surface area contributed by atoms with E-state index < -0.39 is 0 Å². The average molecular weight is 253 g/mol. The van der Waals surface area contributed by atoms with Crippen molar-refractivity contribution in [2.45, 2.75) is 45.2 Å². The lowest BCUT2D eigenvalue weighted by Crippen LogP contribution is -2.62. The van der Waals surface area contributed by atoms with Crippen molar-refractivity contribution < 1.29 is 9.59 Å². The highest BCUT2D eigenvalue weighted by molar-refractivity contribution is 6.00. The summed E-state index contributed by atoms with van der Waals surface area (Å²) < 4.78 is 0. The molecule has 0 bridgehead atoms. The fourth-order valence-corrected chi connectivity index (χ4v) is 3.23. The predicted molar refractivity (Wildman–Crippen MR) is 68.7 cm³/mol. The molecule has 3 N–H and O–H groups in total. The van der Waals surface area contributed by atoms with Crippen molar-refractivity contribution in [2.75, 3.05) is 13.1 Å². The number of carbonyl (C=O) groups excluding carboxylic acids is 2. The molecule has 5 heteroatoms. The number of hydrogen-bond donors (Lipinski definition) is 2. The van der Waals surface area contributed by atoms with E-state index in [9.17, 15) is 9.59 Å². The molecular formula is C13H23N3O2. The van der Waals surface area contributed by atoms with Gasteiger partial charge in [0, 0.05) is 6.04 Å². The monoisotopic (exact) mass is 253 g/mol. The zero-order valence-electron chi connectivity index (χ0n) is 11.2. The van der Waals surface area contributed by atoms with E-state index in [0.29, 0.717) is 24.9 Å². The first-order valence-electron chi connectivity index (χ1n) is 6.82. The number of nitrogens with two attached hydrogens (primary N) is 1. The Balaban J connectivity index is 2.15. The van der Waals surface area contributed by atoms with Gasteiger partial charge in [-0.1, -0.05) is 13.3 Å². The van der Waals surface area contributed by atoms with E-state index in [-0.39, 0.29) is 23.9 Å². The summed E-state index contributed by atoms with van der Waals surface area (Å²) in [4.78, 5) is 25.3. The van der Waals surface area contributed by atoms with Crippen molar-refractivity contribution >= 4 is 11.8 Å².